The van der Waals surface area contributed by atoms with E-state index in [-0.39, 0.29) is 69.5 Å². The number of rotatable bonds is 4. The second-order valence-electron chi connectivity index (χ2n) is 4.64. The molecule has 0 heterocycles. The van der Waals surface area contributed by atoms with E-state index in [1.165, 1.54) is 0 Å². The van der Waals surface area contributed by atoms with Gasteiger partial charge in [-0.05, 0) is 41.8 Å². The first kappa shape index (κ1) is 23.5. The van der Waals surface area contributed by atoms with Crippen LogP contribution >= 0.6 is 0 Å². The van der Waals surface area contributed by atoms with Gasteiger partial charge in [0.05, 0.1) is 0 Å². The normalized spacial score (nSPS) is 12.1. The van der Waals surface area contributed by atoms with Gasteiger partial charge in [0.1, 0.15) is 11.5 Å². The Morgan fingerprint density at radius 2 is 1.14 bits per heavy atom. The first-order valence-electron chi connectivity index (χ1n) is 6.15. The summed E-state index contributed by atoms with van der Waals surface area (Å²) >= 11 is 0. The van der Waals surface area contributed by atoms with Crippen LogP contribution in [0, 0.1) is 0 Å². The van der Waals surface area contributed by atoms with Crippen molar-refractivity contribution < 1.29 is 56.1 Å². The van der Waals surface area contributed by atoms with E-state index >= 15 is 0 Å². The molecule has 2 unspecified atom stereocenters. The number of halogens is 2. The van der Waals surface area contributed by atoms with Crippen molar-refractivity contribution in [1.29, 1.82) is 0 Å². The van der Waals surface area contributed by atoms with Crippen LogP contribution in [0.5, 0.6) is 11.5 Å². The van der Waals surface area contributed by atoms with Gasteiger partial charge in [-0.2, -0.15) is 0 Å². The van der Waals surface area contributed by atoms with Gasteiger partial charge in [-0.15, -0.1) is 0 Å². The summed E-state index contributed by atoms with van der Waals surface area (Å²) in [5.74, 6) is 0.387. The van der Waals surface area contributed by atoms with Crippen molar-refractivity contribution in [2.24, 2.45) is 11.5 Å². The molecule has 2 atom stereocenters. The van der Waals surface area contributed by atoms with Crippen LogP contribution < -0.4 is 36.3 Å². The molecule has 2 aromatic rings. The third-order valence-electron chi connectivity index (χ3n) is 3.10. The van der Waals surface area contributed by atoms with Crippen molar-refractivity contribution in [1.82, 2.24) is 0 Å². The molecule has 0 radical (unpaired) electrons. The van der Waals surface area contributed by atoms with Gasteiger partial charge in [-0.1, -0.05) is 24.3 Å². The molecule has 0 aromatic heterocycles. The van der Waals surface area contributed by atoms with Gasteiger partial charge < -0.3 is 46.5 Å². The molecule has 7 heteroatoms. The van der Waals surface area contributed by atoms with Crippen molar-refractivity contribution in [2.45, 2.75) is 18.5 Å². The van der Waals surface area contributed by atoms with E-state index in [2.05, 4.69) is 0 Å². The van der Waals surface area contributed by atoms with Crippen LogP contribution in [-0.4, -0.2) is 10.2 Å². The van der Waals surface area contributed by atoms with Gasteiger partial charge in [-0.25, -0.2) is 0 Å². The van der Waals surface area contributed by atoms with Crippen LogP contribution in [0.25, 0.3) is 0 Å². The van der Waals surface area contributed by atoms with Gasteiger partial charge in [0.2, 0.25) is 0 Å². The van der Waals surface area contributed by atoms with Crippen molar-refractivity contribution in [3.8, 4) is 11.5 Å². The SMILES string of the molecule is NC(CC(N)c1cccc(O)c1)c1cccc(O)c1.[Cl-].[Cl-].[Pt+2]. The summed E-state index contributed by atoms with van der Waals surface area (Å²) in [6, 6.07) is 13.2. The Hall–Kier alpha value is -0.772. The first-order chi connectivity index (χ1) is 9.06. The molecule has 2 aromatic carbocycles. The molecule has 0 bridgehead atoms. The summed E-state index contributed by atoms with van der Waals surface area (Å²) in [6.45, 7) is 0. The summed E-state index contributed by atoms with van der Waals surface area (Å²) < 4.78 is 0. The molecular formula is C15H18Cl2N2O2Pt. The maximum Gasteiger partial charge on any atom is 2.00 e. The Kier molecular flexibility index (Phi) is 11.6. The predicted molar refractivity (Wildman–Crippen MR) is 74.7 cm³/mol. The zero-order valence-electron chi connectivity index (χ0n) is 11.6. The van der Waals surface area contributed by atoms with E-state index in [0.717, 1.165) is 11.1 Å². The number of phenols is 2. The van der Waals surface area contributed by atoms with Crippen LogP contribution in [0.3, 0.4) is 0 Å². The van der Waals surface area contributed by atoms with E-state index in [1.807, 2.05) is 12.1 Å². The Labute approximate surface area is 157 Å². The topological polar surface area (TPSA) is 92.5 Å². The molecule has 0 amide bonds. The number of aromatic hydroxyl groups is 2. The fraction of sp³-hybridized carbons (Fsp3) is 0.200. The third-order valence-corrected chi connectivity index (χ3v) is 3.10. The van der Waals surface area contributed by atoms with Crippen molar-refractivity contribution in [3.05, 3.63) is 59.7 Å². The predicted octanol–water partition coefficient (Wildman–Crippen LogP) is -3.81. The van der Waals surface area contributed by atoms with Crippen molar-refractivity contribution >= 4 is 0 Å². The molecule has 4 nitrogen and oxygen atoms in total. The molecular weight excluding hydrogens is 506 g/mol. The fourth-order valence-electron chi connectivity index (χ4n) is 2.06. The molecule has 22 heavy (non-hydrogen) atoms. The molecule has 0 spiro atoms. The Morgan fingerprint density at radius 1 is 0.773 bits per heavy atom. The van der Waals surface area contributed by atoms with E-state index in [9.17, 15) is 10.2 Å². The average Bonchev–Trinajstić information content (AvgIpc) is 2.38. The average molecular weight is 524 g/mol. The smallest absolute Gasteiger partial charge is 1.00 e. The second-order valence-corrected chi connectivity index (χ2v) is 4.64. The minimum atomic E-state index is -0.260. The van der Waals surface area contributed by atoms with Crippen LogP contribution in [0.15, 0.2) is 48.5 Å². The van der Waals surface area contributed by atoms with E-state index in [0.29, 0.717) is 6.42 Å². The number of nitrogens with two attached hydrogens (primary N) is 2. The van der Waals surface area contributed by atoms with E-state index in [4.69, 9.17) is 11.5 Å². The van der Waals surface area contributed by atoms with Crippen LogP contribution in [0.1, 0.15) is 29.6 Å². The number of hydrogen-bond donors (Lipinski definition) is 4. The van der Waals surface area contributed by atoms with Gasteiger partial charge in [0.25, 0.3) is 0 Å². The number of phenolic OH excluding ortho intramolecular Hbond substituents is 2. The molecule has 0 aliphatic carbocycles. The molecule has 0 saturated heterocycles. The molecule has 0 saturated carbocycles. The Morgan fingerprint density at radius 3 is 1.45 bits per heavy atom. The maximum atomic E-state index is 9.43. The molecule has 6 N–H and O–H groups in total. The van der Waals surface area contributed by atoms with E-state index < -0.39 is 0 Å². The van der Waals surface area contributed by atoms with Gasteiger partial charge in [-0.3, -0.25) is 0 Å². The molecule has 0 aliphatic heterocycles. The number of benzene rings is 2. The molecule has 124 valence electrons. The maximum absolute atomic E-state index is 9.43. The van der Waals surface area contributed by atoms with Crippen LogP contribution in [-0.2, 0) is 21.1 Å². The zero-order chi connectivity index (χ0) is 13.8. The Bertz CT molecular complexity index is 523. The van der Waals surface area contributed by atoms with Crippen molar-refractivity contribution in [3.63, 3.8) is 0 Å². The summed E-state index contributed by atoms with van der Waals surface area (Å²) in [7, 11) is 0. The molecule has 0 aliphatic rings. The molecule has 2 rings (SSSR count). The van der Waals surface area contributed by atoms with Gasteiger partial charge >= 0.3 is 21.1 Å². The minimum Gasteiger partial charge on any atom is -1.00 e. The standard InChI is InChI=1S/C15H18N2O2.2ClH.Pt/c16-14(10-3-1-5-12(18)7-10)9-15(17)11-4-2-6-13(19)8-11;;;/h1-8,14-15,18-19H,9,16-17H2;2*1H;/q;;;+2/p-2. The van der Waals surface area contributed by atoms with Crippen LogP contribution in [0.2, 0.25) is 0 Å². The summed E-state index contributed by atoms with van der Waals surface area (Å²) in [6.07, 6.45) is 0.535. The zero-order valence-corrected chi connectivity index (χ0v) is 15.4. The number of hydrogen-bond acceptors (Lipinski definition) is 4. The summed E-state index contributed by atoms with van der Waals surface area (Å²) in [4.78, 5) is 0. The second kappa shape index (κ2) is 10.9. The first-order valence-corrected chi connectivity index (χ1v) is 6.15. The van der Waals surface area contributed by atoms with E-state index in [1.54, 1.807) is 36.4 Å². The van der Waals surface area contributed by atoms with Gasteiger partial charge in [0.15, 0.2) is 0 Å². The fourth-order valence-corrected chi connectivity index (χ4v) is 2.06. The minimum absolute atomic E-state index is 0. The molecule has 0 fully saturated rings. The van der Waals surface area contributed by atoms with Crippen molar-refractivity contribution in [2.75, 3.05) is 0 Å². The Balaban J connectivity index is 0. The third kappa shape index (κ3) is 6.55. The van der Waals surface area contributed by atoms with Gasteiger partial charge in [0, 0.05) is 12.1 Å². The summed E-state index contributed by atoms with van der Waals surface area (Å²) in [5.41, 5.74) is 13.9. The quantitative estimate of drug-likeness (QED) is 0.331. The monoisotopic (exact) mass is 523 g/mol. The van der Waals surface area contributed by atoms with Crippen LogP contribution in [0.4, 0.5) is 0 Å². The summed E-state index contributed by atoms with van der Waals surface area (Å²) in [5, 5.41) is 18.9. The largest absolute Gasteiger partial charge is 2.00 e.